The third-order valence-electron chi connectivity index (χ3n) is 3.26. The monoisotopic (exact) mass is 532 g/mol. The summed E-state index contributed by atoms with van der Waals surface area (Å²) in [5, 5.41) is 52.3. The van der Waals surface area contributed by atoms with Gasteiger partial charge < -0.3 is 44.8 Å². The van der Waals surface area contributed by atoms with Gasteiger partial charge in [-0.3, -0.25) is 0 Å². The zero-order valence-corrected chi connectivity index (χ0v) is 19.9. The number of carboxylic acids is 1. The van der Waals surface area contributed by atoms with Crippen LogP contribution in [0.2, 0.25) is 0 Å². The lowest BCUT2D eigenvalue weighted by Gasteiger charge is -2.09. The van der Waals surface area contributed by atoms with Gasteiger partial charge in [-0.2, -0.15) is 0 Å². The lowest BCUT2D eigenvalue weighted by atomic mass is 10.1. The SMILES string of the molecule is CO.COC(=O)c1ccc(O)c(O)c1OC.COc1c(C(=O)O)ccc(O)c1O.O=S(Cl)Cl. The maximum atomic E-state index is 11.2. The van der Waals surface area contributed by atoms with Gasteiger partial charge in [0.05, 0.1) is 21.3 Å². The number of methoxy groups -OCH3 is 3. The van der Waals surface area contributed by atoms with Crippen LogP contribution in [0.5, 0.6) is 34.5 Å². The Hall–Kier alpha value is -3.13. The highest BCUT2D eigenvalue weighted by Gasteiger charge is 2.19. The average molecular weight is 533 g/mol. The van der Waals surface area contributed by atoms with Gasteiger partial charge >= 0.3 is 11.9 Å². The van der Waals surface area contributed by atoms with E-state index in [-0.39, 0.29) is 28.4 Å². The molecule has 0 aliphatic rings. The van der Waals surface area contributed by atoms with Crippen LogP contribution in [0.15, 0.2) is 24.3 Å². The largest absolute Gasteiger partial charge is 0.504 e. The molecular formula is C18H22Cl2O12S. The molecule has 0 fully saturated rings. The summed E-state index contributed by atoms with van der Waals surface area (Å²) in [4.78, 5) is 21.7. The van der Waals surface area contributed by atoms with E-state index >= 15 is 0 Å². The Morgan fingerprint density at radius 1 is 0.788 bits per heavy atom. The number of carbonyl (C=O) groups is 2. The summed E-state index contributed by atoms with van der Waals surface area (Å²) in [5.41, 5.74) is -0.136. The number of aliphatic hydroxyl groups excluding tert-OH is 1. The molecule has 0 unspecified atom stereocenters. The minimum Gasteiger partial charge on any atom is -0.504 e. The fraction of sp³-hybridized carbons (Fsp3) is 0.222. The second-order valence-electron chi connectivity index (χ2n) is 5.01. The van der Waals surface area contributed by atoms with Crippen molar-refractivity contribution in [3.8, 4) is 34.5 Å². The lowest BCUT2D eigenvalue weighted by Crippen LogP contribution is -2.03. The van der Waals surface area contributed by atoms with Gasteiger partial charge in [0.25, 0.3) is 0 Å². The van der Waals surface area contributed by atoms with Gasteiger partial charge in [0.15, 0.2) is 23.0 Å². The van der Waals surface area contributed by atoms with E-state index in [1.165, 1.54) is 33.5 Å². The molecule has 0 amide bonds. The van der Waals surface area contributed by atoms with Crippen molar-refractivity contribution in [3.63, 3.8) is 0 Å². The van der Waals surface area contributed by atoms with Crippen LogP contribution in [0.3, 0.4) is 0 Å². The number of carbonyl (C=O) groups excluding carboxylic acids is 1. The highest BCUT2D eigenvalue weighted by atomic mass is 36.0. The number of benzene rings is 2. The summed E-state index contributed by atoms with van der Waals surface area (Å²) < 4.78 is 22.9. The van der Waals surface area contributed by atoms with Crippen molar-refractivity contribution in [1.82, 2.24) is 0 Å². The zero-order valence-electron chi connectivity index (χ0n) is 17.6. The molecule has 0 aliphatic carbocycles. The van der Waals surface area contributed by atoms with E-state index in [4.69, 9.17) is 29.4 Å². The molecule has 2 rings (SSSR count). The summed E-state index contributed by atoms with van der Waals surface area (Å²) in [7, 11) is 12.1. The zero-order chi connectivity index (χ0) is 26.3. The van der Waals surface area contributed by atoms with E-state index in [1.54, 1.807) is 0 Å². The van der Waals surface area contributed by atoms with E-state index < -0.39 is 38.4 Å². The predicted molar refractivity (Wildman–Crippen MR) is 119 cm³/mol. The number of carboxylic acid groups (broad SMARTS) is 1. The Balaban J connectivity index is 0. The number of aliphatic hydroxyl groups is 1. The summed E-state index contributed by atoms with van der Waals surface area (Å²) in [5.74, 6) is -4.03. The highest BCUT2D eigenvalue weighted by molar-refractivity contribution is 8.26. The van der Waals surface area contributed by atoms with Gasteiger partial charge in [0.1, 0.15) is 11.1 Å². The number of ether oxygens (including phenoxy) is 3. The van der Waals surface area contributed by atoms with Crippen molar-refractivity contribution < 1.29 is 58.6 Å². The first-order valence-electron chi connectivity index (χ1n) is 8.11. The normalized spacial score (nSPS) is 9.09. The predicted octanol–water partition coefficient (Wildman–Crippen LogP) is 2.35. The smallest absolute Gasteiger partial charge is 0.341 e. The van der Waals surface area contributed by atoms with Crippen LogP contribution in [0.25, 0.3) is 0 Å². The number of aromatic carboxylic acids is 1. The lowest BCUT2D eigenvalue weighted by molar-refractivity contribution is 0.0595. The topological polar surface area (TPSA) is 200 Å². The van der Waals surface area contributed by atoms with E-state index in [2.05, 4.69) is 30.8 Å². The van der Waals surface area contributed by atoms with E-state index in [0.717, 1.165) is 19.2 Å². The first-order chi connectivity index (χ1) is 15.4. The van der Waals surface area contributed by atoms with Crippen LogP contribution >= 0.6 is 21.4 Å². The molecule has 0 saturated heterocycles. The molecule has 2 aromatic rings. The fourth-order valence-corrected chi connectivity index (χ4v) is 1.97. The molecule has 15 heteroatoms. The Kier molecular flexibility index (Phi) is 16.0. The van der Waals surface area contributed by atoms with E-state index in [1.807, 2.05) is 0 Å². The molecule has 0 saturated carbocycles. The number of rotatable bonds is 4. The van der Waals surface area contributed by atoms with Gasteiger partial charge in [-0.15, -0.1) is 0 Å². The van der Waals surface area contributed by atoms with Gasteiger partial charge in [0, 0.05) is 28.5 Å². The Morgan fingerprint density at radius 3 is 1.42 bits per heavy atom. The van der Waals surface area contributed by atoms with Crippen molar-refractivity contribution in [3.05, 3.63) is 35.4 Å². The molecule has 12 nitrogen and oxygen atoms in total. The van der Waals surface area contributed by atoms with Crippen molar-refractivity contribution in [2.75, 3.05) is 28.4 Å². The molecule has 0 spiro atoms. The van der Waals surface area contributed by atoms with Gasteiger partial charge in [-0.05, 0) is 24.3 Å². The van der Waals surface area contributed by atoms with E-state index in [0.29, 0.717) is 0 Å². The van der Waals surface area contributed by atoms with Crippen molar-refractivity contribution in [2.45, 2.75) is 0 Å². The first-order valence-corrected chi connectivity index (χ1v) is 10.9. The number of hydrogen-bond acceptors (Lipinski definition) is 11. The molecule has 33 heavy (non-hydrogen) atoms. The fourth-order valence-electron chi connectivity index (χ4n) is 1.97. The van der Waals surface area contributed by atoms with Gasteiger partial charge in [0.2, 0.25) is 20.7 Å². The van der Waals surface area contributed by atoms with Crippen LogP contribution < -0.4 is 9.47 Å². The average Bonchev–Trinajstić information content (AvgIpc) is 2.77. The summed E-state index contributed by atoms with van der Waals surface area (Å²) in [6.07, 6.45) is 0. The van der Waals surface area contributed by atoms with Crippen LogP contribution in [-0.2, 0) is 14.0 Å². The number of phenols is 4. The number of halogens is 2. The van der Waals surface area contributed by atoms with Crippen LogP contribution in [0.4, 0.5) is 0 Å². The molecule has 0 bridgehead atoms. The minimum atomic E-state index is -1.67. The molecule has 0 atom stereocenters. The maximum absolute atomic E-state index is 11.2. The summed E-state index contributed by atoms with van der Waals surface area (Å²) in [6.45, 7) is 0. The Bertz CT molecular complexity index is 949. The quantitative estimate of drug-likeness (QED) is 0.191. The van der Waals surface area contributed by atoms with Gasteiger partial charge in [-0.25, -0.2) is 13.8 Å². The molecule has 0 heterocycles. The van der Waals surface area contributed by atoms with Crippen LogP contribution in [-0.4, -0.2) is 75.2 Å². The van der Waals surface area contributed by atoms with Crippen molar-refractivity contribution >= 4 is 42.5 Å². The molecule has 186 valence electrons. The number of hydrogen-bond donors (Lipinski definition) is 6. The maximum Gasteiger partial charge on any atom is 0.341 e. The number of aromatic hydroxyl groups is 4. The van der Waals surface area contributed by atoms with Crippen LogP contribution in [0.1, 0.15) is 20.7 Å². The second kappa shape index (κ2) is 16.5. The first kappa shape index (κ1) is 32.1. The highest BCUT2D eigenvalue weighted by Crippen LogP contribution is 2.38. The molecular weight excluding hydrogens is 511 g/mol. The van der Waals surface area contributed by atoms with Crippen LogP contribution in [0, 0.1) is 0 Å². The molecule has 0 aliphatic heterocycles. The molecule has 0 radical (unpaired) electrons. The summed E-state index contributed by atoms with van der Waals surface area (Å²) >= 11 is 0. The third-order valence-corrected chi connectivity index (χ3v) is 3.26. The number of phenolic OH excluding ortho intramolecular Hbond substituents is 4. The third kappa shape index (κ3) is 10.4. The second-order valence-corrected chi connectivity index (χ2v) is 7.53. The van der Waals surface area contributed by atoms with Crippen molar-refractivity contribution in [1.29, 1.82) is 0 Å². The Morgan fingerprint density at radius 2 is 1.12 bits per heavy atom. The van der Waals surface area contributed by atoms with Gasteiger partial charge in [-0.1, -0.05) is 0 Å². The van der Waals surface area contributed by atoms with E-state index in [9.17, 15) is 19.8 Å². The standard InChI is InChI=1S/C9H10O5.C8H8O5.CH4O.Cl2OS/c1-13-8-5(9(12)14-2)3-4-6(10)7(8)11;1-13-7-4(8(11)12)2-3-5(9)6(7)10;1-2;1-4(2)3/h3-4,10-11H,1-2H3;2-3,9-10H,1H3,(H,11,12);2H,1H3;. The van der Waals surface area contributed by atoms with Crippen molar-refractivity contribution in [2.24, 2.45) is 0 Å². The molecule has 6 N–H and O–H groups in total. The summed E-state index contributed by atoms with van der Waals surface area (Å²) in [6, 6.07) is 4.72. The molecule has 0 aromatic heterocycles. The Labute approximate surface area is 199 Å². The number of esters is 1. The molecule has 2 aromatic carbocycles. The minimum absolute atomic E-state index is 0.0605.